The van der Waals surface area contributed by atoms with Gasteiger partial charge in [-0.05, 0) is 56.7 Å². The van der Waals surface area contributed by atoms with Crippen molar-refractivity contribution < 1.29 is 18.0 Å². The molecule has 1 N–H and O–H groups in total. The van der Waals surface area contributed by atoms with E-state index < -0.39 is 16.8 Å². The summed E-state index contributed by atoms with van der Waals surface area (Å²) in [6, 6.07) is 6.96. The number of benzene rings is 1. The maximum absolute atomic E-state index is 13.4. The summed E-state index contributed by atoms with van der Waals surface area (Å²) in [7, 11) is 0. The molecule has 2 aromatic heterocycles. The Morgan fingerprint density at radius 1 is 1.22 bits per heavy atom. The third-order valence-corrected chi connectivity index (χ3v) is 5.50. The van der Waals surface area contributed by atoms with Crippen molar-refractivity contribution in [3.63, 3.8) is 0 Å². The van der Waals surface area contributed by atoms with Crippen LogP contribution in [0.4, 0.5) is 24.7 Å². The molecule has 3 aromatic rings. The number of fused-ring (bicyclic) bond motifs is 1. The Morgan fingerprint density at radius 3 is 2.62 bits per heavy atom. The number of aromatic nitrogens is 3. The molecule has 0 unspecified atom stereocenters. The average Bonchev–Trinajstić information content (AvgIpc) is 3.15. The molecule has 10 heteroatoms. The molecule has 0 radical (unpaired) electrons. The van der Waals surface area contributed by atoms with Gasteiger partial charge >= 0.3 is 6.18 Å². The molecule has 1 atom stereocenters. The van der Waals surface area contributed by atoms with E-state index in [0.717, 1.165) is 11.6 Å². The largest absolute Gasteiger partial charge is 0.417 e. The number of alkyl halides is 3. The molecule has 1 aromatic carbocycles. The molecular formula is C22H21ClF3N5O. The van der Waals surface area contributed by atoms with Gasteiger partial charge in [-0.1, -0.05) is 11.6 Å². The number of carbonyl (C=O) groups excluding carboxylic acids is 1. The van der Waals surface area contributed by atoms with E-state index in [1.807, 2.05) is 26.8 Å². The zero-order chi connectivity index (χ0) is 23.2. The van der Waals surface area contributed by atoms with Crippen molar-refractivity contribution in [2.45, 2.75) is 39.0 Å². The summed E-state index contributed by atoms with van der Waals surface area (Å²) in [6.07, 6.45) is -1.29. The first-order chi connectivity index (χ1) is 15.1. The van der Waals surface area contributed by atoms with Gasteiger partial charge in [0, 0.05) is 30.0 Å². The minimum Gasteiger partial charge on any atom is -0.368 e. The molecule has 1 aliphatic rings. The van der Waals surface area contributed by atoms with Crippen LogP contribution in [0.1, 0.15) is 42.9 Å². The van der Waals surface area contributed by atoms with Gasteiger partial charge in [-0.3, -0.25) is 9.48 Å². The van der Waals surface area contributed by atoms with Crippen molar-refractivity contribution >= 4 is 29.0 Å². The van der Waals surface area contributed by atoms with E-state index in [1.165, 1.54) is 17.0 Å². The maximum atomic E-state index is 13.4. The smallest absolute Gasteiger partial charge is 0.368 e. The van der Waals surface area contributed by atoms with E-state index in [1.54, 1.807) is 23.1 Å². The molecular weight excluding hydrogens is 443 g/mol. The summed E-state index contributed by atoms with van der Waals surface area (Å²) in [5.74, 6) is 0.307. The zero-order valence-corrected chi connectivity index (χ0v) is 18.4. The third-order valence-electron chi connectivity index (χ3n) is 5.18. The Balaban J connectivity index is 1.74. The van der Waals surface area contributed by atoms with Crippen molar-refractivity contribution in [3.05, 3.63) is 59.0 Å². The van der Waals surface area contributed by atoms with Crippen LogP contribution in [0.25, 0.3) is 11.1 Å². The summed E-state index contributed by atoms with van der Waals surface area (Å²) in [4.78, 5) is 19.2. The number of pyridine rings is 1. The van der Waals surface area contributed by atoms with Crippen LogP contribution in [-0.4, -0.2) is 33.3 Å². The van der Waals surface area contributed by atoms with E-state index in [0.29, 0.717) is 22.8 Å². The van der Waals surface area contributed by atoms with Crippen LogP contribution in [0.3, 0.4) is 0 Å². The zero-order valence-electron chi connectivity index (χ0n) is 17.6. The van der Waals surface area contributed by atoms with Gasteiger partial charge in [-0.25, -0.2) is 4.98 Å². The highest BCUT2D eigenvalue weighted by Gasteiger charge is 2.36. The second-order valence-corrected chi connectivity index (χ2v) is 8.41. The number of carbonyl (C=O) groups is 1. The van der Waals surface area contributed by atoms with Crippen molar-refractivity contribution in [1.29, 1.82) is 0 Å². The third kappa shape index (κ3) is 4.04. The first kappa shape index (κ1) is 22.1. The molecule has 6 nitrogen and oxygen atoms in total. The number of hydrogen-bond donors (Lipinski definition) is 1. The second kappa shape index (κ2) is 8.12. The molecule has 32 heavy (non-hydrogen) atoms. The summed E-state index contributed by atoms with van der Waals surface area (Å²) in [5, 5.41) is 7.18. The number of rotatable bonds is 4. The van der Waals surface area contributed by atoms with E-state index >= 15 is 0 Å². The molecule has 0 saturated heterocycles. The minimum atomic E-state index is -4.57. The lowest BCUT2D eigenvalue weighted by Crippen LogP contribution is -2.42. The number of halogens is 4. The fourth-order valence-electron chi connectivity index (χ4n) is 3.77. The van der Waals surface area contributed by atoms with Crippen LogP contribution in [-0.2, 0) is 6.18 Å². The van der Waals surface area contributed by atoms with E-state index in [4.69, 9.17) is 11.6 Å². The van der Waals surface area contributed by atoms with E-state index in [9.17, 15) is 18.0 Å². The topological polar surface area (TPSA) is 63.1 Å². The molecule has 0 spiro atoms. The van der Waals surface area contributed by atoms with Gasteiger partial charge in [-0.2, -0.15) is 18.3 Å². The Kier molecular flexibility index (Phi) is 5.62. The molecule has 168 valence electrons. The first-order valence-electron chi connectivity index (χ1n) is 10.1. The van der Waals surface area contributed by atoms with Crippen LogP contribution in [0.2, 0.25) is 5.02 Å². The highest BCUT2D eigenvalue weighted by molar-refractivity contribution is 6.31. The van der Waals surface area contributed by atoms with E-state index in [2.05, 4.69) is 15.4 Å². The number of amides is 1. The lowest BCUT2D eigenvalue weighted by molar-refractivity contribution is -0.137. The number of hydrogen-bond acceptors (Lipinski definition) is 4. The van der Waals surface area contributed by atoms with Gasteiger partial charge in [0.2, 0.25) is 0 Å². The number of nitrogens with one attached hydrogen (secondary N) is 1. The van der Waals surface area contributed by atoms with Gasteiger partial charge in [0.25, 0.3) is 5.91 Å². The summed E-state index contributed by atoms with van der Waals surface area (Å²) < 4.78 is 40.9. The van der Waals surface area contributed by atoms with Crippen LogP contribution >= 0.6 is 11.6 Å². The predicted molar refractivity (Wildman–Crippen MR) is 117 cm³/mol. The quantitative estimate of drug-likeness (QED) is 0.542. The van der Waals surface area contributed by atoms with Gasteiger partial charge in [0.1, 0.15) is 11.5 Å². The Hall–Kier alpha value is -3.07. The highest BCUT2D eigenvalue weighted by atomic mass is 35.5. The number of anilines is 2. The Morgan fingerprint density at radius 2 is 1.97 bits per heavy atom. The molecule has 1 aliphatic heterocycles. The fraction of sp³-hybridized carbons (Fsp3) is 0.318. The summed E-state index contributed by atoms with van der Waals surface area (Å²) in [5.41, 5.74) is 1.11. The second-order valence-electron chi connectivity index (χ2n) is 8.01. The van der Waals surface area contributed by atoms with Crippen molar-refractivity contribution in [2.75, 3.05) is 16.8 Å². The molecule has 0 fully saturated rings. The lowest BCUT2D eigenvalue weighted by Gasteiger charge is -2.32. The monoisotopic (exact) mass is 463 g/mol. The summed E-state index contributed by atoms with van der Waals surface area (Å²) >= 11 is 5.89. The SMILES string of the molecule is CC(C)Nc1cc(-c2cnn3c2C(=O)N(c2ccc(C(F)(F)F)c(Cl)c2)C[C@@H]3C)ccn1. The first-order valence-corrected chi connectivity index (χ1v) is 10.4. The molecule has 1 amide bonds. The standard InChI is InChI=1S/C22H21ClF3N5O/c1-12(2)29-19-8-14(6-7-27-19)16-10-28-31-13(3)11-30(21(32)20(16)31)15-4-5-17(18(23)9-15)22(24,25)26/h4-10,12-13H,11H2,1-3H3,(H,27,29)/t13-/m0/s1. The minimum absolute atomic E-state index is 0.181. The van der Waals surface area contributed by atoms with Crippen molar-refractivity contribution in [1.82, 2.24) is 14.8 Å². The summed E-state index contributed by atoms with van der Waals surface area (Å²) in [6.45, 7) is 6.14. The lowest BCUT2D eigenvalue weighted by atomic mass is 10.0. The van der Waals surface area contributed by atoms with Gasteiger partial charge in [-0.15, -0.1) is 0 Å². The van der Waals surface area contributed by atoms with Crippen LogP contribution in [0, 0.1) is 0 Å². The van der Waals surface area contributed by atoms with E-state index in [-0.39, 0.29) is 24.5 Å². The normalized spacial score (nSPS) is 16.4. The maximum Gasteiger partial charge on any atom is 0.417 e. The fourth-order valence-corrected chi connectivity index (χ4v) is 4.05. The molecule has 3 heterocycles. The van der Waals surface area contributed by atoms with Crippen molar-refractivity contribution in [2.24, 2.45) is 0 Å². The van der Waals surface area contributed by atoms with Crippen LogP contribution < -0.4 is 10.2 Å². The van der Waals surface area contributed by atoms with Crippen LogP contribution in [0.15, 0.2) is 42.7 Å². The molecule has 0 saturated carbocycles. The molecule has 0 bridgehead atoms. The van der Waals surface area contributed by atoms with Gasteiger partial charge < -0.3 is 10.2 Å². The van der Waals surface area contributed by atoms with Crippen molar-refractivity contribution in [3.8, 4) is 11.1 Å². The Labute approximate surface area is 188 Å². The highest BCUT2D eigenvalue weighted by Crippen LogP contribution is 2.38. The van der Waals surface area contributed by atoms with Gasteiger partial charge in [0.15, 0.2) is 0 Å². The predicted octanol–water partition coefficient (Wildman–Crippen LogP) is 5.66. The molecule has 4 rings (SSSR count). The van der Waals surface area contributed by atoms with Gasteiger partial charge in [0.05, 0.1) is 22.8 Å². The van der Waals surface area contributed by atoms with Crippen LogP contribution in [0.5, 0.6) is 0 Å². The average molecular weight is 464 g/mol. The molecule has 0 aliphatic carbocycles. The Bertz CT molecular complexity index is 1170. The number of nitrogens with zero attached hydrogens (tertiary/aromatic N) is 4.